The van der Waals surface area contributed by atoms with Gasteiger partial charge in [-0.15, -0.1) is 0 Å². The molecule has 9 rings (SSSR count). The maximum Gasteiger partial charge on any atom is 0.254 e. The van der Waals surface area contributed by atoms with Crippen molar-refractivity contribution in [2.45, 2.75) is 50.4 Å². The highest BCUT2D eigenvalue weighted by Gasteiger charge is 2.47. The predicted molar refractivity (Wildman–Crippen MR) is 177 cm³/mol. The highest BCUT2D eigenvalue weighted by Crippen LogP contribution is 2.42. The van der Waals surface area contributed by atoms with E-state index in [-0.39, 0.29) is 35.1 Å². The van der Waals surface area contributed by atoms with E-state index in [2.05, 4.69) is 26.3 Å². The number of fused-ring (bicyclic) bond motifs is 4. The highest BCUT2D eigenvalue weighted by atomic mass is 35.5. The van der Waals surface area contributed by atoms with Crippen molar-refractivity contribution in [1.82, 2.24) is 33.9 Å². The maximum atomic E-state index is 13.9. The summed E-state index contributed by atoms with van der Waals surface area (Å²) in [6, 6.07) is 13.2. The summed E-state index contributed by atoms with van der Waals surface area (Å²) in [4.78, 5) is 45.1. The van der Waals surface area contributed by atoms with Crippen LogP contribution in [0.3, 0.4) is 0 Å². The number of piperidine rings is 1. The van der Waals surface area contributed by atoms with Crippen molar-refractivity contribution in [3.63, 3.8) is 0 Å². The molecule has 6 heterocycles. The summed E-state index contributed by atoms with van der Waals surface area (Å²) in [5.41, 5.74) is 10.9. The lowest BCUT2D eigenvalue weighted by Crippen LogP contribution is -2.50. The topological polar surface area (TPSA) is 124 Å². The Labute approximate surface area is 276 Å². The van der Waals surface area contributed by atoms with Gasteiger partial charge in [0.2, 0.25) is 0 Å². The van der Waals surface area contributed by atoms with Crippen LogP contribution in [0.1, 0.15) is 52.4 Å². The van der Waals surface area contributed by atoms with E-state index in [4.69, 9.17) is 32.0 Å². The molecule has 2 saturated heterocycles. The average Bonchev–Trinajstić information content (AvgIpc) is 3.40. The summed E-state index contributed by atoms with van der Waals surface area (Å²) in [5.74, 6) is 2.18. The molecule has 4 fully saturated rings. The first-order chi connectivity index (χ1) is 22.9. The zero-order valence-corrected chi connectivity index (χ0v) is 26.8. The van der Waals surface area contributed by atoms with Crippen LogP contribution in [0.15, 0.2) is 54.9 Å². The average molecular weight is 651 g/mol. The molecule has 2 bridgehead atoms. The molecule has 2 amide bonds. The van der Waals surface area contributed by atoms with Gasteiger partial charge in [-0.3, -0.25) is 9.59 Å². The predicted octanol–water partition coefficient (Wildman–Crippen LogP) is 4.78. The first-order valence-electron chi connectivity index (χ1n) is 16.4. The Hall–Kier alpha value is -4.48. The van der Waals surface area contributed by atoms with Gasteiger partial charge in [0.25, 0.3) is 11.8 Å². The van der Waals surface area contributed by atoms with Gasteiger partial charge in [-0.1, -0.05) is 11.6 Å². The number of methoxy groups -OCH3 is 1. The zero-order chi connectivity index (χ0) is 32.0. The van der Waals surface area contributed by atoms with Gasteiger partial charge in [-0.25, -0.2) is 15.0 Å². The molecule has 12 heteroatoms. The Bertz CT molecular complexity index is 2080. The van der Waals surface area contributed by atoms with Crippen molar-refractivity contribution in [2.24, 2.45) is 17.6 Å². The third kappa shape index (κ3) is 4.62. The van der Waals surface area contributed by atoms with E-state index in [0.29, 0.717) is 53.9 Å². The molecule has 11 nitrogen and oxygen atoms in total. The lowest BCUT2D eigenvalue weighted by Gasteiger charge is -2.41. The second-order valence-electron chi connectivity index (χ2n) is 13.5. The molecule has 5 aromatic rings. The van der Waals surface area contributed by atoms with Crippen molar-refractivity contribution >= 4 is 45.5 Å². The third-order valence-corrected chi connectivity index (χ3v) is 10.8. The van der Waals surface area contributed by atoms with E-state index in [1.54, 1.807) is 25.4 Å². The molecule has 0 unspecified atom stereocenters. The van der Waals surface area contributed by atoms with E-state index in [1.165, 1.54) is 12.8 Å². The van der Waals surface area contributed by atoms with E-state index in [9.17, 15) is 9.59 Å². The zero-order valence-electron chi connectivity index (χ0n) is 26.1. The van der Waals surface area contributed by atoms with E-state index in [1.807, 2.05) is 34.2 Å². The van der Waals surface area contributed by atoms with Gasteiger partial charge < -0.3 is 29.4 Å². The van der Waals surface area contributed by atoms with Crippen LogP contribution in [0.2, 0.25) is 5.15 Å². The minimum atomic E-state index is -0.0958. The standard InChI is InChI=1S/C35H35ClN8O3/c1-47-28-13-23(35(46)43-16-22-6-7-26(43)30(22)37)11-25-31(28)44(24-17-41(18-24)34(45)21-8-10-38-29(36)14-21)33(40-25)27-12-20-3-2-9-39-32(20)42(27)15-19-4-5-19/h2-3,8-14,19,22,24,26,30H,4-7,15-18,37H2,1H3/t22-,26-,30-/m1/s1. The van der Waals surface area contributed by atoms with Gasteiger partial charge in [-0.05, 0) is 80.0 Å². The summed E-state index contributed by atoms with van der Waals surface area (Å²) < 4.78 is 10.5. The smallest absolute Gasteiger partial charge is 0.254 e. The molecule has 2 aliphatic heterocycles. The van der Waals surface area contributed by atoms with Crippen molar-refractivity contribution < 1.29 is 14.3 Å². The first-order valence-corrected chi connectivity index (χ1v) is 16.8. The number of nitrogens with zero attached hydrogens (tertiary/aromatic N) is 7. The number of carbonyl (C=O) groups is 2. The first kappa shape index (κ1) is 28.7. The molecule has 3 atom stereocenters. The highest BCUT2D eigenvalue weighted by molar-refractivity contribution is 6.29. The van der Waals surface area contributed by atoms with Gasteiger partial charge in [-0.2, -0.15) is 0 Å². The minimum Gasteiger partial charge on any atom is -0.494 e. The van der Waals surface area contributed by atoms with Gasteiger partial charge in [0.05, 0.1) is 24.4 Å². The molecular formula is C35H35ClN8O3. The number of carbonyl (C=O) groups excluding carboxylic acids is 2. The molecule has 4 aromatic heterocycles. The minimum absolute atomic E-state index is 0.0323. The molecule has 1 aromatic carbocycles. The number of aromatic nitrogens is 5. The molecule has 2 aliphatic carbocycles. The number of halogens is 1. The second kappa shape index (κ2) is 10.8. The van der Waals surface area contributed by atoms with Crippen LogP contribution in [-0.4, -0.2) is 84.5 Å². The number of imidazole rings is 1. The monoisotopic (exact) mass is 650 g/mol. The van der Waals surface area contributed by atoms with Gasteiger partial charge in [0.1, 0.15) is 22.1 Å². The fourth-order valence-electron chi connectivity index (χ4n) is 7.98. The van der Waals surface area contributed by atoms with Gasteiger partial charge in [0, 0.05) is 67.2 Å². The van der Waals surface area contributed by atoms with Crippen LogP contribution < -0.4 is 10.5 Å². The molecule has 2 saturated carbocycles. The van der Waals surface area contributed by atoms with Crippen molar-refractivity contribution in [3.05, 3.63) is 71.1 Å². The summed E-state index contributed by atoms with van der Waals surface area (Å²) >= 11 is 6.09. The molecule has 47 heavy (non-hydrogen) atoms. The van der Waals surface area contributed by atoms with Crippen LogP contribution in [0.25, 0.3) is 33.6 Å². The molecule has 4 aliphatic rings. The molecule has 240 valence electrons. The van der Waals surface area contributed by atoms with Crippen LogP contribution in [0.5, 0.6) is 5.75 Å². The molecule has 2 N–H and O–H groups in total. The van der Waals surface area contributed by atoms with Crippen LogP contribution in [-0.2, 0) is 6.54 Å². The molecule has 0 radical (unpaired) electrons. The van der Waals surface area contributed by atoms with E-state index in [0.717, 1.165) is 47.5 Å². The van der Waals surface area contributed by atoms with Crippen molar-refractivity contribution in [3.8, 4) is 17.3 Å². The number of hydrogen-bond donors (Lipinski definition) is 1. The lowest BCUT2D eigenvalue weighted by atomic mass is 10.0. The Morgan fingerprint density at radius 3 is 2.55 bits per heavy atom. The third-order valence-electron chi connectivity index (χ3n) is 10.6. The fourth-order valence-corrected chi connectivity index (χ4v) is 8.15. The number of hydrogen-bond acceptors (Lipinski definition) is 7. The normalized spacial score (nSPS) is 22.4. The Kier molecular flexibility index (Phi) is 6.59. The molecule has 0 spiro atoms. The Morgan fingerprint density at radius 1 is 0.979 bits per heavy atom. The number of rotatable bonds is 7. The summed E-state index contributed by atoms with van der Waals surface area (Å²) in [7, 11) is 1.63. The number of pyridine rings is 2. The summed E-state index contributed by atoms with van der Waals surface area (Å²) in [6.45, 7) is 2.51. The summed E-state index contributed by atoms with van der Waals surface area (Å²) in [6.07, 6.45) is 7.79. The SMILES string of the molecule is COc1cc(C(=O)N2C[C@H]3CC[C@@H]2[C@@H]3N)cc2nc(-c3cc4cccnc4n3CC3CC3)n(C3CN(C(=O)c4ccnc(Cl)c4)C3)c12. The number of amides is 2. The van der Waals surface area contributed by atoms with E-state index >= 15 is 0 Å². The molecular weight excluding hydrogens is 616 g/mol. The fraction of sp³-hybridized carbons (Fsp3) is 0.400. The second-order valence-corrected chi connectivity index (χ2v) is 13.9. The van der Waals surface area contributed by atoms with Crippen LogP contribution in [0, 0.1) is 11.8 Å². The van der Waals surface area contributed by atoms with Gasteiger partial charge >= 0.3 is 0 Å². The number of nitrogens with two attached hydrogens (primary N) is 1. The Morgan fingerprint density at radius 2 is 1.83 bits per heavy atom. The van der Waals surface area contributed by atoms with Crippen molar-refractivity contribution in [2.75, 3.05) is 26.7 Å². The lowest BCUT2D eigenvalue weighted by molar-refractivity contribution is 0.0527. The summed E-state index contributed by atoms with van der Waals surface area (Å²) in [5, 5.41) is 1.33. The van der Waals surface area contributed by atoms with Crippen molar-refractivity contribution in [1.29, 1.82) is 0 Å². The van der Waals surface area contributed by atoms with E-state index < -0.39 is 0 Å². The largest absolute Gasteiger partial charge is 0.494 e. The van der Waals surface area contributed by atoms with Gasteiger partial charge in [0.15, 0.2) is 5.82 Å². The number of likely N-dealkylation sites (tertiary alicyclic amines) is 2. The van der Waals surface area contributed by atoms with Crippen LogP contribution in [0.4, 0.5) is 0 Å². The number of benzene rings is 1. The maximum absolute atomic E-state index is 13.9. The number of ether oxygens (including phenoxy) is 1. The Balaban J connectivity index is 1.16. The quantitative estimate of drug-likeness (QED) is 0.252. The van der Waals surface area contributed by atoms with Crippen LogP contribution >= 0.6 is 11.6 Å².